The topological polar surface area (TPSA) is 128 Å². The van der Waals surface area contributed by atoms with Crippen molar-refractivity contribution in [1.82, 2.24) is 10.2 Å². The molecule has 0 spiro atoms. The smallest absolute Gasteiger partial charge is 0.237 e. The van der Waals surface area contributed by atoms with E-state index in [4.69, 9.17) is 10.5 Å². The van der Waals surface area contributed by atoms with E-state index in [0.29, 0.717) is 5.92 Å². The van der Waals surface area contributed by atoms with E-state index in [1.165, 1.54) is 11.8 Å². The lowest BCUT2D eigenvalue weighted by Crippen LogP contribution is -2.65. The van der Waals surface area contributed by atoms with Crippen LogP contribution in [0.3, 0.4) is 0 Å². The predicted octanol–water partition coefficient (Wildman–Crippen LogP) is -1.28. The number of amides is 1. The second-order valence-electron chi connectivity index (χ2n) is 7.37. The summed E-state index contributed by atoms with van der Waals surface area (Å²) < 4.78 is 5.73. The first kappa shape index (κ1) is 21.9. The van der Waals surface area contributed by atoms with Crippen molar-refractivity contribution in [3.05, 3.63) is 0 Å². The van der Waals surface area contributed by atoms with Gasteiger partial charge in [0.1, 0.15) is 29.9 Å². The molecule has 0 saturated carbocycles. The summed E-state index contributed by atoms with van der Waals surface area (Å²) >= 11 is 1.24. The van der Waals surface area contributed by atoms with E-state index in [-0.39, 0.29) is 18.5 Å². The third-order valence-electron chi connectivity index (χ3n) is 5.45. The number of nitrogens with one attached hydrogen (secondary N) is 1. The summed E-state index contributed by atoms with van der Waals surface area (Å²) in [5, 5.41) is 33.2. The van der Waals surface area contributed by atoms with Crippen molar-refractivity contribution in [3.8, 4) is 0 Å². The van der Waals surface area contributed by atoms with E-state index in [2.05, 4.69) is 12.2 Å². The molecule has 9 heteroatoms. The van der Waals surface area contributed by atoms with Crippen LogP contribution in [0.15, 0.2) is 0 Å². The van der Waals surface area contributed by atoms with Gasteiger partial charge in [-0.1, -0.05) is 13.3 Å². The van der Waals surface area contributed by atoms with Crippen molar-refractivity contribution in [2.75, 3.05) is 26.4 Å². The van der Waals surface area contributed by atoms with Gasteiger partial charge < -0.3 is 31.1 Å². The molecule has 8 atom stereocenters. The molecule has 1 amide bonds. The van der Waals surface area contributed by atoms with Crippen LogP contribution in [0.4, 0.5) is 0 Å². The minimum atomic E-state index is -1.35. The average Bonchev–Trinajstić information content (AvgIpc) is 2.99. The van der Waals surface area contributed by atoms with Crippen molar-refractivity contribution in [2.45, 2.75) is 68.1 Å². The van der Waals surface area contributed by atoms with Gasteiger partial charge in [0.05, 0.1) is 12.1 Å². The highest BCUT2D eigenvalue weighted by Crippen LogP contribution is 2.29. The molecule has 0 radical (unpaired) electrons. The third-order valence-corrected chi connectivity index (χ3v) is 6.31. The van der Waals surface area contributed by atoms with Crippen LogP contribution in [0, 0.1) is 5.92 Å². The maximum Gasteiger partial charge on any atom is 0.237 e. The Bertz CT molecular complexity index is 470. The molecule has 2 aliphatic rings. The number of ether oxygens (including phenoxy) is 1. The molecule has 2 fully saturated rings. The molecule has 2 saturated heterocycles. The van der Waals surface area contributed by atoms with Gasteiger partial charge >= 0.3 is 0 Å². The third kappa shape index (κ3) is 4.70. The van der Waals surface area contributed by atoms with Gasteiger partial charge in [-0.05, 0) is 32.1 Å². The molecule has 152 valence electrons. The van der Waals surface area contributed by atoms with Gasteiger partial charge in [-0.2, -0.15) is 0 Å². The summed E-state index contributed by atoms with van der Waals surface area (Å²) in [6, 6.07) is -0.874. The molecule has 0 aliphatic carbocycles. The second kappa shape index (κ2) is 9.68. The monoisotopic (exact) mass is 391 g/mol. The zero-order valence-electron chi connectivity index (χ0n) is 15.7. The average molecular weight is 392 g/mol. The van der Waals surface area contributed by atoms with Crippen LogP contribution in [0.1, 0.15) is 26.2 Å². The lowest BCUT2D eigenvalue weighted by atomic mass is 9.94. The Morgan fingerprint density at radius 3 is 2.62 bits per heavy atom. The van der Waals surface area contributed by atoms with Crippen molar-refractivity contribution in [3.63, 3.8) is 0 Å². The molecular formula is C17H33N3O5S. The lowest BCUT2D eigenvalue weighted by Gasteiger charge is -2.43. The highest BCUT2D eigenvalue weighted by molar-refractivity contribution is 7.99. The van der Waals surface area contributed by atoms with Crippen LogP contribution in [0.5, 0.6) is 0 Å². The number of aliphatic hydroxyl groups excluding tert-OH is 3. The minimum Gasteiger partial charge on any atom is -0.388 e. The Morgan fingerprint density at radius 1 is 1.35 bits per heavy atom. The molecule has 0 bridgehead atoms. The predicted molar refractivity (Wildman–Crippen MR) is 101 cm³/mol. The second-order valence-corrected chi connectivity index (χ2v) is 8.31. The molecule has 6 N–H and O–H groups in total. The molecule has 0 aromatic heterocycles. The van der Waals surface area contributed by atoms with E-state index < -0.39 is 35.9 Å². The molecular weight excluding hydrogens is 358 g/mol. The number of rotatable bonds is 7. The van der Waals surface area contributed by atoms with Crippen molar-refractivity contribution >= 4 is 17.7 Å². The summed E-state index contributed by atoms with van der Waals surface area (Å²) in [6.07, 6.45) is -0.00582. The fourth-order valence-electron chi connectivity index (χ4n) is 3.98. The summed E-state index contributed by atoms with van der Waals surface area (Å²) in [5.41, 5.74) is 5.13. The van der Waals surface area contributed by atoms with Crippen molar-refractivity contribution < 1.29 is 24.9 Å². The zero-order valence-corrected chi connectivity index (χ0v) is 16.6. The number of hydrogen-bond acceptors (Lipinski definition) is 8. The van der Waals surface area contributed by atoms with Gasteiger partial charge in [-0.25, -0.2) is 0 Å². The molecule has 5 unspecified atom stereocenters. The van der Waals surface area contributed by atoms with Gasteiger partial charge in [0.25, 0.3) is 0 Å². The van der Waals surface area contributed by atoms with Crippen LogP contribution in [0.25, 0.3) is 0 Å². The number of thioether (sulfide) groups is 1. The van der Waals surface area contributed by atoms with E-state index in [0.717, 1.165) is 25.8 Å². The van der Waals surface area contributed by atoms with E-state index >= 15 is 0 Å². The lowest BCUT2D eigenvalue weighted by molar-refractivity contribution is -0.204. The summed E-state index contributed by atoms with van der Waals surface area (Å²) in [7, 11) is 1.94. The normalized spacial score (nSPS) is 39.7. The summed E-state index contributed by atoms with van der Waals surface area (Å²) in [5.74, 6) is 0.366. The van der Waals surface area contributed by atoms with Crippen LogP contribution in [-0.4, -0.2) is 94.5 Å². The Morgan fingerprint density at radius 2 is 2.04 bits per heavy atom. The summed E-state index contributed by atoms with van der Waals surface area (Å²) in [6.45, 7) is 3.09. The fraction of sp³-hybridized carbons (Fsp3) is 0.941. The first-order valence-electron chi connectivity index (χ1n) is 9.27. The minimum absolute atomic E-state index is 0.0617. The largest absolute Gasteiger partial charge is 0.388 e. The number of carbonyl (C=O) groups excluding carboxylic acids is 1. The van der Waals surface area contributed by atoms with Crippen molar-refractivity contribution in [2.24, 2.45) is 11.7 Å². The standard InChI is InChI=1S/C17H33N3O5S/c1-4-5-9-6-11(20(2)8-9)16(24)19-10(7-18)15-13(22)12(21)14(23)17(25-15)26-3/h9-15,17,21-23H,4-8,18H2,1-3H3,(H,19,24)/t9-,10-,11+,12?,13?,14?,15?,17?/m1/s1. The molecule has 0 aromatic carbocycles. The first-order chi connectivity index (χ1) is 12.3. The highest BCUT2D eigenvalue weighted by Gasteiger charge is 2.47. The van der Waals surface area contributed by atoms with Gasteiger partial charge in [-0.3, -0.25) is 9.69 Å². The van der Waals surface area contributed by atoms with Gasteiger partial charge in [0, 0.05) is 13.1 Å². The Labute approximate surface area is 159 Å². The Balaban J connectivity index is 2.02. The fourth-order valence-corrected chi connectivity index (χ4v) is 4.66. The number of likely N-dealkylation sites (N-methyl/N-ethyl adjacent to an activating group) is 1. The van der Waals surface area contributed by atoms with E-state index in [9.17, 15) is 20.1 Å². The number of nitrogens with two attached hydrogens (primary N) is 1. The SMILES string of the molecule is CCC[C@@H]1C[C@@H](C(=O)N[C@H](CN)C2OC(SC)C(O)C(O)C2O)N(C)C1. The van der Waals surface area contributed by atoms with Gasteiger partial charge in [0.15, 0.2) is 0 Å². The van der Waals surface area contributed by atoms with Crippen LogP contribution >= 0.6 is 11.8 Å². The zero-order chi connectivity index (χ0) is 19.4. The maximum atomic E-state index is 12.8. The highest BCUT2D eigenvalue weighted by atomic mass is 32.2. The molecule has 0 aromatic rings. The number of carbonyl (C=O) groups is 1. The number of aliphatic hydroxyl groups is 3. The molecule has 8 nitrogen and oxygen atoms in total. The maximum absolute atomic E-state index is 12.8. The number of hydrogen-bond donors (Lipinski definition) is 5. The van der Waals surface area contributed by atoms with Crippen molar-refractivity contribution in [1.29, 1.82) is 0 Å². The van der Waals surface area contributed by atoms with Gasteiger partial charge in [0.2, 0.25) is 5.91 Å². The van der Waals surface area contributed by atoms with Gasteiger partial charge in [-0.15, -0.1) is 11.8 Å². The van der Waals surface area contributed by atoms with E-state index in [1.54, 1.807) is 6.26 Å². The molecule has 26 heavy (non-hydrogen) atoms. The number of nitrogens with zero attached hydrogens (tertiary/aromatic N) is 1. The first-order valence-corrected chi connectivity index (χ1v) is 10.6. The Kier molecular flexibility index (Phi) is 8.14. The molecule has 2 aliphatic heterocycles. The summed E-state index contributed by atoms with van der Waals surface area (Å²) in [4.78, 5) is 14.8. The Hall–Kier alpha value is -0.420. The molecule has 2 rings (SSSR count). The van der Waals surface area contributed by atoms with Crippen LogP contribution in [-0.2, 0) is 9.53 Å². The van der Waals surface area contributed by atoms with Crippen LogP contribution < -0.4 is 11.1 Å². The quantitative estimate of drug-likeness (QED) is 0.363. The molecule has 2 heterocycles. The number of likely N-dealkylation sites (tertiary alicyclic amines) is 1. The van der Waals surface area contributed by atoms with Crippen LogP contribution in [0.2, 0.25) is 0 Å². The van der Waals surface area contributed by atoms with E-state index in [1.807, 2.05) is 11.9 Å².